The molecule has 0 amide bonds. The summed E-state index contributed by atoms with van der Waals surface area (Å²) in [5.41, 5.74) is 8.09. The van der Waals surface area contributed by atoms with Gasteiger partial charge in [-0.2, -0.15) is 0 Å². The van der Waals surface area contributed by atoms with E-state index >= 15 is 0 Å². The Morgan fingerprint density at radius 2 is 2.12 bits per heavy atom. The van der Waals surface area contributed by atoms with Crippen molar-refractivity contribution in [2.24, 2.45) is 5.73 Å². The molecule has 1 heterocycles. The van der Waals surface area contributed by atoms with Gasteiger partial charge in [0, 0.05) is 24.2 Å². The first kappa shape index (κ1) is 12.0. The van der Waals surface area contributed by atoms with Crippen LogP contribution in [0.15, 0.2) is 36.5 Å². The van der Waals surface area contributed by atoms with Crippen LogP contribution < -0.4 is 11.1 Å². The van der Waals surface area contributed by atoms with Gasteiger partial charge >= 0.3 is 0 Å². The van der Waals surface area contributed by atoms with Gasteiger partial charge in [-0.15, -0.1) is 0 Å². The lowest BCUT2D eigenvalue weighted by molar-refractivity contribution is 0.542. The molecule has 3 heteroatoms. The minimum Gasteiger partial charge on any atom is -0.329 e. The van der Waals surface area contributed by atoms with Gasteiger partial charge in [0.15, 0.2) is 0 Å². The van der Waals surface area contributed by atoms with Crippen LogP contribution in [-0.4, -0.2) is 18.1 Å². The number of nitrogens with one attached hydrogen (secondary N) is 1. The highest BCUT2D eigenvalue weighted by Crippen LogP contribution is 2.21. The maximum atomic E-state index is 5.85. The van der Waals surface area contributed by atoms with E-state index in [-0.39, 0.29) is 6.04 Å². The average molecular weight is 229 g/mol. The highest BCUT2D eigenvalue weighted by molar-refractivity contribution is 5.82. The number of hydrogen-bond donors (Lipinski definition) is 2. The largest absolute Gasteiger partial charge is 0.329 e. The number of hydrogen-bond acceptors (Lipinski definition) is 3. The standard InChI is InChI=1S/C14H19N3/c1-2-8-16-13(10-15)12-7-3-5-11-6-4-9-17-14(11)12/h3-7,9,13,16H,2,8,10,15H2,1H3. The molecule has 0 saturated heterocycles. The van der Waals surface area contributed by atoms with Gasteiger partial charge in [0.25, 0.3) is 0 Å². The maximum Gasteiger partial charge on any atom is 0.0750 e. The van der Waals surface area contributed by atoms with Crippen LogP contribution in [0.25, 0.3) is 10.9 Å². The Bertz CT molecular complexity index is 476. The van der Waals surface area contributed by atoms with Crippen molar-refractivity contribution in [1.82, 2.24) is 10.3 Å². The normalized spacial score (nSPS) is 12.8. The van der Waals surface area contributed by atoms with Crippen LogP contribution in [0.5, 0.6) is 0 Å². The molecule has 0 aliphatic carbocycles. The third-order valence-corrected chi connectivity index (χ3v) is 2.92. The van der Waals surface area contributed by atoms with Crippen LogP contribution in [0.1, 0.15) is 24.9 Å². The van der Waals surface area contributed by atoms with Gasteiger partial charge in [-0.1, -0.05) is 31.2 Å². The van der Waals surface area contributed by atoms with E-state index < -0.39 is 0 Å². The third-order valence-electron chi connectivity index (χ3n) is 2.92. The molecule has 0 radical (unpaired) electrons. The second-order valence-electron chi connectivity index (χ2n) is 4.16. The van der Waals surface area contributed by atoms with Gasteiger partial charge in [0.1, 0.15) is 0 Å². The van der Waals surface area contributed by atoms with Crippen molar-refractivity contribution in [3.63, 3.8) is 0 Å². The Morgan fingerprint density at radius 3 is 2.88 bits per heavy atom. The Balaban J connectivity index is 2.38. The van der Waals surface area contributed by atoms with Crippen LogP contribution in [-0.2, 0) is 0 Å². The smallest absolute Gasteiger partial charge is 0.0750 e. The summed E-state index contributed by atoms with van der Waals surface area (Å²) in [5.74, 6) is 0. The summed E-state index contributed by atoms with van der Waals surface area (Å²) in [6, 6.07) is 10.5. The molecule has 90 valence electrons. The summed E-state index contributed by atoms with van der Waals surface area (Å²) in [7, 11) is 0. The number of para-hydroxylation sites is 1. The van der Waals surface area contributed by atoms with Crippen molar-refractivity contribution >= 4 is 10.9 Å². The van der Waals surface area contributed by atoms with E-state index in [0.717, 1.165) is 18.5 Å². The second-order valence-corrected chi connectivity index (χ2v) is 4.16. The van der Waals surface area contributed by atoms with Crippen molar-refractivity contribution in [2.45, 2.75) is 19.4 Å². The fourth-order valence-electron chi connectivity index (χ4n) is 2.05. The fraction of sp³-hybridized carbons (Fsp3) is 0.357. The minimum atomic E-state index is 0.188. The molecule has 1 aromatic carbocycles. The average Bonchev–Trinajstić information content (AvgIpc) is 2.40. The first-order valence-corrected chi connectivity index (χ1v) is 6.14. The Hall–Kier alpha value is -1.45. The van der Waals surface area contributed by atoms with Gasteiger partial charge in [-0.25, -0.2) is 0 Å². The predicted octanol–water partition coefficient (Wildman–Crippen LogP) is 2.23. The van der Waals surface area contributed by atoms with Crippen LogP contribution in [0.4, 0.5) is 0 Å². The summed E-state index contributed by atoms with van der Waals surface area (Å²) in [4.78, 5) is 4.46. The SMILES string of the molecule is CCCNC(CN)c1cccc2cccnc12. The number of benzene rings is 1. The molecule has 1 aromatic heterocycles. The van der Waals surface area contributed by atoms with Gasteiger partial charge in [-0.05, 0) is 24.6 Å². The molecule has 3 nitrogen and oxygen atoms in total. The molecular formula is C14H19N3. The molecule has 1 unspecified atom stereocenters. The zero-order chi connectivity index (χ0) is 12.1. The number of aromatic nitrogens is 1. The fourth-order valence-corrected chi connectivity index (χ4v) is 2.05. The van der Waals surface area contributed by atoms with Crippen LogP contribution in [0.2, 0.25) is 0 Å². The summed E-state index contributed by atoms with van der Waals surface area (Å²) in [5, 5.41) is 4.63. The Labute approximate surface area is 102 Å². The first-order chi connectivity index (χ1) is 8.36. The molecule has 0 bridgehead atoms. The molecule has 2 aromatic rings. The maximum absolute atomic E-state index is 5.85. The number of nitrogens with two attached hydrogens (primary N) is 1. The van der Waals surface area contributed by atoms with Crippen molar-refractivity contribution in [1.29, 1.82) is 0 Å². The Morgan fingerprint density at radius 1 is 1.29 bits per heavy atom. The van der Waals surface area contributed by atoms with E-state index in [1.165, 1.54) is 10.9 Å². The molecule has 0 aliphatic rings. The van der Waals surface area contributed by atoms with Crippen molar-refractivity contribution < 1.29 is 0 Å². The summed E-state index contributed by atoms with van der Waals surface area (Å²) in [6.07, 6.45) is 2.94. The van der Waals surface area contributed by atoms with Crippen molar-refractivity contribution in [3.8, 4) is 0 Å². The van der Waals surface area contributed by atoms with E-state index in [1.54, 1.807) is 0 Å². The van der Waals surface area contributed by atoms with Crippen LogP contribution in [0, 0.1) is 0 Å². The molecular weight excluding hydrogens is 210 g/mol. The third kappa shape index (κ3) is 2.62. The Kier molecular flexibility index (Phi) is 4.07. The number of fused-ring (bicyclic) bond motifs is 1. The van der Waals surface area contributed by atoms with E-state index in [4.69, 9.17) is 5.73 Å². The summed E-state index contributed by atoms with van der Waals surface area (Å²) in [6.45, 7) is 3.72. The topological polar surface area (TPSA) is 50.9 Å². The molecule has 3 N–H and O–H groups in total. The zero-order valence-electron chi connectivity index (χ0n) is 10.2. The molecule has 0 spiro atoms. The van der Waals surface area contributed by atoms with Gasteiger partial charge in [0.05, 0.1) is 5.52 Å². The predicted molar refractivity (Wildman–Crippen MR) is 71.8 cm³/mol. The van der Waals surface area contributed by atoms with Crippen molar-refractivity contribution in [2.75, 3.05) is 13.1 Å². The number of rotatable bonds is 5. The van der Waals surface area contributed by atoms with Gasteiger partial charge < -0.3 is 11.1 Å². The highest BCUT2D eigenvalue weighted by atomic mass is 14.9. The minimum absolute atomic E-state index is 0.188. The van der Waals surface area contributed by atoms with Crippen molar-refractivity contribution in [3.05, 3.63) is 42.1 Å². The number of nitrogens with zero attached hydrogens (tertiary/aromatic N) is 1. The van der Waals surface area contributed by atoms with E-state index in [0.29, 0.717) is 6.54 Å². The quantitative estimate of drug-likeness (QED) is 0.826. The van der Waals surface area contributed by atoms with Gasteiger partial charge in [-0.3, -0.25) is 4.98 Å². The molecule has 0 aliphatic heterocycles. The lowest BCUT2D eigenvalue weighted by Crippen LogP contribution is -2.29. The zero-order valence-corrected chi connectivity index (χ0v) is 10.2. The number of pyridine rings is 1. The molecule has 0 saturated carbocycles. The monoisotopic (exact) mass is 229 g/mol. The summed E-state index contributed by atoms with van der Waals surface area (Å²) < 4.78 is 0. The van der Waals surface area contributed by atoms with E-state index in [1.807, 2.05) is 12.3 Å². The second kappa shape index (κ2) is 5.75. The lowest BCUT2D eigenvalue weighted by atomic mass is 10.0. The molecule has 0 fully saturated rings. The van der Waals surface area contributed by atoms with E-state index in [2.05, 4.69) is 41.5 Å². The lowest BCUT2D eigenvalue weighted by Gasteiger charge is -2.18. The summed E-state index contributed by atoms with van der Waals surface area (Å²) >= 11 is 0. The highest BCUT2D eigenvalue weighted by Gasteiger charge is 2.12. The first-order valence-electron chi connectivity index (χ1n) is 6.14. The van der Waals surface area contributed by atoms with Crippen LogP contribution >= 0.6 is 0 Å². The molecule has 2 rings (SSSR count). The van der Waals surface area contributed by atoms with Crippen LogP contribution in [0.3, 0.4) is 0 Å². The van der Waals surface area contributed by atoms with E-state index in [9.17, 15) is 0 Å². The van der Waals surface area contributed by atoms with Gasteiger partial charge in [0.2, 0.25) is 0 Å². The molecule has 17 heavy (non-hydrogen) atoms. The molecule has 1 atom stereocenters.